The predicted octanol–water partition coefficient (Wildman–Crippen LogP) is 1.65. The van der Waals surface area contributed by atoms with E-state index < -0.39 is 12.2 Å². The van der Waals surface area contributed by atoms with Gasteiger partial charge in [-0.3, -0.25) is 9.59 Å². The van der Waals surface area contributed by atoms with Gasteiger partial charge in [0.1, 0.15) is 0 Å². The normalized spacial score (nSPS) is 20.4. The average molecular weight is 277 g/mol. The fraction of sp³-hybridized carbons (Fsp3) is 0.467. The standard InChI is InChI=1S/C15H19NO4/c1-4-16(5-2)15(18)14-13(10(3)17)19-11-8-6-7-9-12(11)20-14/h6-9,13-14H,4-5H2,1-3H3/t13-,14-/m0/s1. The summed E-state index contributed by atoms with van der Waals surface area (Å²) in [6.07, 6.45) is -1.81. The number of carbonyl (C=O) groups excluding carboxylic acids is 2. The average Bonchev–Trinajstić information content (AvgIpc) is 2.46. The summed E-state index contributed by atoms with van der Waals surface area (Å²) in [7, 11) is 0. The van der Waals surface area contributed by atoms with E-state index >= 15 is 0 Å². The summed E-state index contributed by atoms with van der Waals surface area (Å²) in [6.45, 7) is 6.33. The zero-order valence-electron chi connectivity index (χ0n) is 12.0. The third-order valence-electron chi connectivity index (χ3n) is 3.35. The van der Waals surface area contributed by atoms with Gasteiger partial charge in [-0.25, -0.2) is 0 Å². The Balaban J connectivity index is 2.31. The topological polar surface area (TPSA) is 55.8 Å². The van der Waals surface area contributed by atoms with Crippen LogP contribution in [0.3, 0.4) is 0 Å². The Morgan fingerprint density at radius 3 is 2.00 bits per heavy atom. The van der Waals surface area contributed by atoms with Crippen LogP contribution in [0.5, 0.6) is 11.5 Å². The number of hydrogen-bond acceptors (Lipinski definition) is 4. The maximum absolute atomic E-state index is 12.5. The maximum atomic E-state index is 12.5. The van der Waals surface area contributed by atoms with Crippen LogP contribution < -0.4 is 9.47 Å². The molecule has 0 aliphatic carbocycles. The van der Waals surface area contributed by atoms with Gasteiger partial charge < -0.3 is 14.4 Å². The minimum Gasteiger partial charge on any atom is -0.474 e. The first kappa shape index (κ1) is 14.4. The molecule has 0 aromatic heterocycles. The number of para-hydroxylation sites is 2. The second-order valence-corrected chi connectivity index (χ2v) is 4.64. The molecule has 20 heavy (non-hydrogen) atoms. The molecular formula is C15H19NO4. The van der Waals surface area contributed by atoms with Crippen molar-refractivity contribution in [2.45, 2.75) is 33.0 Å². The van der Waals surface area contributed by atoms with E-state index in [1.54, 1.807) is 29.2 Å². The lowest BCUT2D eigenvalue weighted by molar-refractivity contribution is -0.150. The number of nitrogens with zero attached hydrogens (tertiary/aromatic N) is 1. The summed E-state index contributed by atoms with van der Waals surface area (Å²) >= 11 is 0. The Labute approximate surface area is 118 Å². The maximum Gasteiger partial charge on any atom is 0.268 e. The predicted molar refractivity (Wildman–Crippen MR) is 73.9 cm³/mol. The number of likely N-dealkylation sites (N-methyl/N-ethyl adjacent to an activating group) is 1. The zero-order valence-corrected chi connectivity index (χ0v) is 12.0. The number of benzene rings is 1. The Morgan fingerprint density at radius 2 is 1.55 bits per heavy atom. The van der Waals surface area contributed by atoms with Crippen molar-refractivity contribution >= 4 is 11.7 Å². The number of fused-ring (bicyclic) bond motifs is 1. The van der Waals surface area contributed by atoms with Crippen LogP contribution in [-0.4, -0.2) is 41.9 Å². The van der Waals surface area contributed by atoms with Crippen molar-refractivity contribution in [2.75, 3.05) is 13.1 Å². The molecule has 2 atom stereocenters. The van der Waals surface area contributed by atoms with Crippen LogP contribution >= 0.6 is 0 Å². The summed E-state index contributed by atoms with van der Waals surface area (Å²) in [5.74, 6) is 0.557. The Morgan fingerprint density at radius 1 is 1.05 bits per heavy atom. The summed E-state index contributed by atoms with van der Waals surface area (Å²) < 4.78 is 11.4. The van der Waals surface area contributed by atoms with Crippen molar-refractivity contribution in [3.63, 3.8) is 0 Å². The van der Waals surface area contributed by atoms with Crippen molar-refractivity contribution < 1.29 is 19.1 Å². The molecule has 0 saturated heterocycles. The number of ketones is 1. The number of rotatable bonds is 4. The van der Waals surface area contributed by atoms with Gasteiger partial charge in [-0.15, -0.1) is 0 Å². The van der Waals surface area contributed by atoms with Crippen LogP contribution in [0, 0.1) is 0 Å². The van der Waals surface area contributed by atoms with Crippen molar-refractivity contribution in [1.82, 2.24) is 4.90 Å². The first-order valence-electron chi connectivity index (χ1n) is 6.80. The summed E-state index contributed by atoms with van der Waals surface area (Å²) in [6, 6.07) is 7.05. The van der Waals surface area contributed by atoms with Crippen LogP contribution in [0.15, 0.2) is 24.3 Å². The lowest BCUT2D eigenvalue weighted by atomic mass is 10.1. The van der Waals surface area contributed by atoms with Gasteiger partial charge in [0, 0.05) is 13.1 Å². The van der Waals surface area contributed by atoms with Crippen molar-refractivity contribution in [3.8, 4) is 11.5 Å². The van der Waals surface area contributed by atoms with E-state index in [1.165, 1.54) is 6.92 Å². The van der Waals surface area contributed by atoms with Gasteiger partial charge in [-0.1, -0.05) is 12.1 Å². The molecule has 0 spiro atoms. The molecule has 0 unspecified atom stereocenters. The lowest BCUT2D eigenvalue weighted by Crippen LogP contribution is -2.54. The lowest BCUT2D eigenvalue weighted by Gasteiger charge is -2.34. The smallest absolute Gasteiger partial charge is 0.268 e. The number of carbonyl (C=O) groups is 2. The Hall–Kier alpha value is -2.04. The van der Waals surface area contributed by atoms with E-state index in [9.17, 15) is 9.59 Å². The van der Waals surface area contributed by atoms with Gasteiger partial charge in [0.2, 0.25) is 12.2 Å². The fourth-order valence-corrected chi connectivity index (χ4v) is 2.23. The molecule has 0 bridgehead atoms. The molecule has 1 aromatic carbocycles. The van der Waals surface area contributed by atoms with Gasteiger partial charge in [0.25, 0.3) is 5.91 Å². The molecule has 5 nitrogen and oxygen atoms in total. The van der Waals surface area contributed by atoms with Crippen molar-refractivity contribution in [2.24, 2.45) is 0 Å². The summed E-state index contributed by atoms with van der Waals surface area (Å²) in [4.78, 5) is 25.8. The molecule has 0 fully saturated rings. The first-order valence-corrected chi connectivity index (χ1v) is 6.80. The second-order valence-electron chi connectivity index (χ2n) is 4.64. The van der Waals surface area contributed by atoms with Gasteiger partial charge in [0.15, 0.2) is 17.3 Å². The molecule has 5 heteroatoms. The summed E-state index contributed by atoms with van der Waals surface area (Å²) in [5, 5.41) is 0. The van der Waals surface area contributed by atoms with Crippen LogP contribution in [-0.2, 0) is 9.59 Å². The van der Waals surface area contributed by atoms with Crippen LogP contribution in [0.2, 0.25) is 0 Å². The van der Waals surface area contributed by atoms with Crippen LogP contribution in [0.1, 0.15) is 20.8 Å². The van der Waals surface area contributed by atoms with Gasteiger partial charge in [-0.2, -0.15) is 0 Å². The molecule has 0 N–H and O–H groups in total. The Kier molecular flexibility index (Phi) is 4.27. The SMILES string of the molecule is CCN(CC)C(=O)[C@H]1Oc2ccccc2O[C@H]1C(C)=O. The number of Topliss-reactive ketones (excluding diaryl/α,β-unsaturated/α-hetero) is 1. The number of ether oxygens (including phenoxy) is 2. The molecule has 1 heterocycles. The number of hydrogen-bond donors (Lipinski definition) is 0. The highest BCUT2D eigenvalue weighted by Crippen LogP contribution is 2.34. The molecule has 1 aliphatic rings. The van der Waals surface area contributed by atoms with Gasteiger partial charge in [0.05, 0.1) is 0 Å². The molecule has 2 rings (SSSR count). The molecule has 0 radical (unpaired) electrons. The van der Waals surface area contributed by atoms with Crippen LogP contribution in [0.25, 0.3) is 0 Å². The quantitative estimate of drug-likeness (QED) is 0.839. The van der Waals surface area contributed by atoms with E-state index in [4.69, 9.17) is 9.47 Å². The van der Waals surface area contributed by atoms with Crippen molar-refractivity contribution in [1.29, 1.82) is 0 Å². The highest BCUT2D eigenvalue weighted by Gasteiger charge is 2.41. The third-order valence-corrected chi connectivity index (χ3v) is 3.35. The van der Waals surface area contributed by atoms with E-state index in [0.29, 0.717) is 24.6 Å². The highest BCUT2D eigenvalue weighted by atomic mass is 16.6. The summed E-state index contributed by atoms with van der Waals surface area (Å²) in [5.41, 5.74) is 0. The molecular weight excluding hydrogens is 258 g/mol. The van der Waals surface area contributed by atoms with E-state index in [0.717, 1.165) is 0 Å². The van der Waals surface area contributed by atoms with Gasteiger partial charge >= 0.3 is 0 Å². The van der Waals surface area contributed by atoms with Crippen LogP contribution in [0.4, 0.5) is 0 Å². The monoisotopic (exact) mass is 277 g/mol. The second kappa shape index (κ2) is 5.94. The third kappa shape index (κ3) is 2.61. The fourth-order valence-electron chi connectivity index (χ4n) is 2.23. The Bertz CT molecular complexity index is 510. The molecule has 1 aromatic rings. The number of amides is 1. The largest absolute Gasteiger partial charge is 0.474 e. The van der Waals surface area contributed by atoms with Crippen molar-refractivity contribution in [3.05, 3.63) is 24.3 Å². The molecule has 0 saturated carbocycles. The molecule has 1 aliphatic heterocycles. The van der Waals surface area contributed by atoms with Gasteiger partial charge in [-0.05, 0) is 32.9 Å². The minimum absolute atomic E-state index is 0.218. The highest BCUT2D eigenvalue weighted by molar-refractivity contribution is 5.92. The van der Waals surface area contributed by atoms with E-state index in [2.05, 4.69) is 0 Å². The molecule has 1 amide bonds. The molecule has 108 valence electrons. The zero-order chi connectivity index (χ0) is 14.7. The minimum atomic E-state index is -0.915. The van der Waals surface area contributed by atoms with E-state index in [1.807, 2.05) is 13.8 Å². The van der Waals surface area contributed by atoms with E-state index in [-0.39, 0.29) is 11.7 Å². The first-order chi connectivity index (χ1) is 9.58.